The summed E-state index contributed by atoms with van der Waals surface area (Å²) in [6.45, 7) is 2.89. The van der Waals surface area contributed by atoms with Crippen LogP contribution in [0.25, 0.3) is 6.08 Å². The molecule has 2 aliphatic rings. The zero-order chi connectivity index (χ0) is 19.0. The summed E-state index contributed by atoms with van der Waals surface area (Å²) in [5.74, 6) is 0.138. The number of rotatable bonds is 3. The van der Waals surface area contributed by atoms with E-state index in [0.717, 1.165) is 24.3 Å². The van der Waals surface area contributed by atoms with E-state index in [9.17, 15) is 9.18 Å². The summed E-state index contributed by atoms with van der Waals surface area (Å²) in [5, 5.41) is 0.329. The van der Waals surface area contributed by atoms with Gasteiger partial charge in [-0.25, -0.2) is 4.39 Å². The van der Waals surface area contributed by atoms with E-state index in [1.54, 1.807) is 31.4 Å². The number of hydrogen-bond acceptors (Lipinski definition) is 4. The van der Waals surface area contributed by atoms with Crippen LogP contribution in [0.5, 0.6) is 5.75 Å². The van der Waals surface area contributed by atoms with Crippen molar-refractivity contribution >= 4 is 29.1 Å². The molecule has 2 aromatic carbocycles. The molecular weight excluding hydrogens is 369 g/mol. The zero-order valence-electron chi connectivity index (χ0n) is 14.9. The van der Waals surface area contributed by atoms with Gasteiger partial charge in [0.1, 0.15) is 11.6 Å². The summed E-state index contributed by atoms with van der Waals surface area (Å²) in [7, 11) is 1.60. The van der Waals surface area contributed by atoms with Gasteiger partial charge in [0, 0.05) is 41.2 Å². The quantitative estimate of drug-likeness (QED) is 0.742. The lowest BCUT2D eigenvalue weighted by molar-refractivity contribution is 0.104. The summed E-state index contributed by atoms with van der Waals surface area (Å²) in [6, 6.07) is 8.25. The van der Waals surface area contributed by atoms with Gasteiger partial charge >= 0.3 is 0 Å². The van der Waals surface area contributed by atoms with E-state index in [2.05, 4.69) is 4.90 Å². The van der Waals surface area contributed by atoms with Gasteiger partial charge < -0.3 is 14.4 Å². The van der Waals surface area contributed by atoms with Crippen LogP contribution in [0.3, 0.4) is 0 Å². The van der Waals surface area contributed by atoms with Gasteiger partial charge in [-0.2, -0.15) is 0 Å². The van der Waals surface area contributed by atoms with Crippen molar-refractivity contribution in [2.24, 2.45) is 0 Å². The predicted molar refractivity (Wildman–Crippen MR) is 103 cm³/mol. The third-order valence-corrected chi connectivity index (χ3v) is 5.20. The molecule has 1 aliphatic heterocycles. The van der Waals surface area contributed by atoms with Crippen molar-refractivity contribution in [2.45, 2.75) is 6.42 Å². The Bertz CT molecular complexity index is 935. The first kappa shape index (κ1) is 18.0. The van der Waals surface area contributed by atoms with Gasteiger partial charge in [-0.05, 0) is 35.9 Å². The second-order valence-electron chi connectivity index (χ2n) is 6.62. The molecule has 0 radical (unpaired) electrons. The Kier molecular flexibility index (Phi) is 4.89. The van der Waals surface area contributed by atoms with Gasteiger partial charge in [-0.3, -0.25) is 4.79 Å². The number of fused-ring (bicyclic) bond motifs is 1. The molecule has 0 bridgehead atoms. The highest BCUT2D eigenvalue weighted by atomic mass is 35.5. The normalized spacial score (nSPS) is 18.1. The SMILES string of the molecule is COc1cc2c(cc1N1CCOCC1)C/C(=C\c1ccc(Cl)cc1F)C2=O. The summed E-state index contributed by atoms with van der Waals surface area (Å²) < 4.78 is 25.1. The maximum atomic E-state index is 14.1. The second kappa shape index (κ2) is 7.33. The molecule has 1 aliphatic carbocycles. The number of carbonyl (C=O) groups excluding carboxylic acids is 1. The number of allylic oxidation sites excluding steroid dienone is 1. The highest BCUT2D eigenvalue weighted by Crippen LogP contribution is 2.38. The van der Waals surface area contributed by atoms with E-state index < -0.39 is 5.82 Å². The molecule has 0 unspecified atom stereocenters. The number of nitrogens with zero attached hydrogens (tertiary/aromatic N) is 1. The molecule has 6 heteroatoms. The van der Waals surface area contributed by atoms with E-state index >= 15 is 0 Å². The van der Waals surface area contributed by atoms with Crippen LogP contribution in [0.2, 0.25) is 5.02 Å². The molecule has 140 valence electrons. The minimum absolute atomic E-state index is 0.0915. The van der Waals surface area contributed by atoms with Crippen molar-refractivity contribution in [3.8, 4) is 5.75 Å². The number of halogens is 2. The molecule has 0 N–H and O–H groups in total. The number of ketones is 1. The Balaban J connectivity index is 1.70. The lowest BCUT2D eigenvalue weighted by Crippen LogP contribution is -2.36. The van der Waals surface area contributed by atoms with E-state index in [4.69, 9.17) is 21.1 Å². The molecule has 0 saturated carbocycles. The minimum Gasteiger partial charge on any atom is -0.495 e. The van der Waals surface area contributed by atoms with Gasteiger partial charge in [-0.1, -0.05) is 17.7 Å². The molecule has 1 saturated heterocycles. The standard InChI is InChI=1S/C21H19ClFNO3/c1-26-20-12-17-14(10-19(20)24-4-6-27-7-5-24)9-15(21(17)25)8-13-2-3-16(22)11-18(13)23/h2-3,8,10-12H,4-7,9H2,1H3/b15-8+. The molecule has 4 rings (SSSR count). The highest BCUT2D eigenvalue weighted by Gasteiger charge is 2.28. The summed E-state index contributed by atoms with van der Waals surface area (Å²) in [6.07, 6.45) is 2.08. The number of methoxy groups -OCH3 is 1. The largest absolute Gasteiger partial charge is 0.495 e. The molecular formula is C21H19ClFNO3. The van der Waals surface area contributed by atoms with Crippen LogP contribution in [-0.4, -0.2) is 39.2 Å². The van der Waals surface area contributed by atoms with Crippen LogP contribution in [0.4, 0.5) is 10.1 Å². The van der Waals surface area contributed by atoms with Crippen molar-refractivity contribution < 1.29 is 18.7 Å². The van der Waals surface area contributed by atoms with Crippen LogP contribution in [0.15, 0.2) is 35.9 Å². The molecule has 0 spiro atoms. The van der Waals surface area contributed by atoms with Gasteiger partial charge in [0.05, 0.1) is 26.0 Å². The molecule has 0 atom stereocenters. The van der Waals surface area contributed by atoms with Gasteiger partial charge in [0.2, 0.25) is 0 Å². The summed E-state index contributed by atoms with van der Waals surface area (Å²) in [4.78, 5) is 15.0. The van der Waals surface area contributed by atoms with Crippen molar-refractivity contribution in [3.63, 3.8) is 0 Å². The number of anilines is 1. The Morgan fingerprint density at radius 3 is 2.70 bits per heavy atom. The first-order chi connectivity index (χ1) is 13.1. The van der Waals surface area contributed by atoms with Gasteiger partial charge in [0.15, 0.2) is 5.78 Å². The first-order valence-corrected chi connectivity index (χ1v) is 9.18. The molecule has 1 heterocycles. The van der Waals surface area contributed by atoms with Crippen molar-refractivity contribution in [2.75, 3.05) is 38.3 Å². The van der Waals surface area contributed by atoms with Crippen LogP contribution in [0.1, 0.15) is 21.5 Å². The van der Waals surface area contributed by atoms with Crippen molar-refractivity contribution in [1.29, 1.82) is 0 Å². The molecule has 0 amide bonds. The van der Waals surface area contributed by atoms with E-state index in [-0.39, 0.29) is 5.78 Å². The number of Topliss-reactive ketones (excluding diaryl/α,β-unsaturated/α-hetero) is 1. The Morgan fingerprint density at radius 1 is 1.22 bits per heavy atom. The maximum Gasteiger partial charge on any atom is 0.189 e. The van der Waals surface area contributed by atoms with Crippen LogP contribution < -0.4 is 9.64 Å². The lowest BCUT2D eigenvalue weighted by atomic mass is 10.1. The van der Waals surface area contributed by atoms with Crippen LogP contribution in [0, 0.1) is 5.82 Å². The third kappa shape index (κ3) is 3.45. The average molecular weight is 388 g/mol. The van der Waals surface area contributed by atoms with Gasteiger partial charge in [0.25, 0.3) is 0 Å². The molecule has 27 heavy (non-hydrogen) atoms. The minimum atomic E-state index is -0.439. The smallest absolute Gasteiger partial charge is 0.189 e. The van der Waals surface area contributed by atoms with Gasteiger partial charge in [-0.15, -0.1) is 0 Å². The number of ether oxygens (including phenoxy) is 2. The number of morpholine rings is 1. The van der Waals surface area contributed by atoms with Crippen molar-refractivity contribution in [1.82, 2.24) is 0 Å². The van der Waals surface area contributed by atoms with E-state index in [0.29, 0.717) is 47.1 Å². The fourth-order valence-corrected chi connectivity index (χ4v) is 3.72. The molecule has 1 fully saturated rings. The Hall–Kier alpha value is -2.37. The monoisotopic (exact) mass is 387 g/mol. The van der Waals surface area contributed by atoms with E-state index in [1.807, 2.05) is 6.07 Å². The predicted octanol–water partition coefficient (Wildman–Crippen LogP) is 4.15. The Labute approximate surface area is 162 Å². The Morgan fingerprint density at radius 2 is 2.00 bits per heavy atom. The fraction of sp³-hybridized carbons (Fsp3) is 0.286. The van der Waals surface area contributed by atoms with Crippen LogP contribution >= 0.6 is 11.6 Å². The second-order valence-corrected chi connectivity index (χ2v) is 7.06. The van der Waals surface area contributed by atoms with Crippen molar-refractivity contribution in [3.05, 3.63) is 63.4 Å². The number of hydrogen-bond donors (Lipinski definition) is 0. The highest BCUT2D eigenvalue weighted by molar-refractivity contribution is 6.30. The van der Waals surface area contributed by atoms with E-state index in [1.165, 1.54) is 6.07 Å². The average Bonchev–Trinajstić information content (AvgIpc) is 2.98. The molecule has 2 aromatic rings. The summed E-state index contributed by atoms with van der Waals surface area (Å²) in [5.41, 5.74) is 3.43. The number of benzene rings is 2. The third-order valence-electron chi connectivity index (χ3n) is 4.97. The van der Waals surface area contributed by atoms with Crippen LogP contribution in [-0.2, 0) is 11.2 Å². The fourth-order valence-electron chi connectivity index (χ4n) is 3.57. The molecule has 0 aromatic heterocycles. The summed E-state index contributed by atoms with van der Waals surface area (Å²) >= 11 is 5.80. The topological polar surface area (TPSA) is 38.8 Å². The maximum absolute atomic E-state index is 14.1. The first-order valence-electron chi connectivity index (χ1n) is 8.81. The lowest BCUT2D eigenvalue weighted by Gasteiger charge is -2.30. The molecule has 4 nitrogen and oxygen atoms in total. The number of carbonyl (C=O) groups is 1. The zero-order valence-corrected chi connectivity index (χ0v) is 15.7.